The van der Waals surface area contributed by atoms with Crippen LogP contribution in [0.15, 0.2) is 48.5 Å². The normalized spacial score (nSPS) is 17.3. The largest absolute Gasteiger partial charge is 0.504 e. The van der Waals surface area contributed by atoms with Gasteiger partial charge in [-0.25, -0.2) is 0 Å². The number of nitrogens with two attached hydrogens (primary N) is 2. The number of hydrogen-bond acceptors (Lipinski definition) is 5. The van der Waals surface area contributed by atoms with Gasteiger partial charge in [0.15, 0.2) is 11.5 Å². The second-order valence-electron chi connectivity index (χ2n) is 12.5. The molecule has 2 unspecified atom stereocenters. The van der Waals surface area contributed by atoms with Crippen molar-refractivity contribution in [3.8, 4) is 11.5 Å². The molecule has 4 aromatic carbocycles. The quantitative estimate of drug-likeness (QED) is 0.0809. The Morgan fingerprint density at radius 1 is 0.682 bits per heavy atom. The van der Waals surface area contributed by atoms with E-state index in [2.05, 4.69) is 108 Å². The van der Waals surface area contributed by atoms with Gasteiger partial charge in [0, 0.05) is 24.6 Å². The monoisotopic (exact) mass is 815 g/mol. The van der Waals surface area contributed by atoms with Crippen LogP contribution in [0.2, 0.25) is 0 Å². The molecule has 0 radical (unpaired) electrons. The average Bonchev–Trinajstić information content (AvgIpc) is 2.97. The molecule has 4 aromatic rings. The third kappa shape index (κ3) is 7.31. The van der Waals surface area contributed by atoms with Gasteiger partial charge in [0.05, 0.1) is 0 Å². The summed E-state index contributed by atoms with van der Waals surface area (Å²) >= 11 is 4.62. The van der Waals surface area contributed by atoms with E-state index in [1.165, 1.54) is 50.6 Å². The zero-order valence-corrected chi connectivity index (χ0v) is 30.3. The molecule has 6 rings (SSSR count). The number of aromatic hydroxyl groups is 2. The van der Waals surface area contributed by atoms with Crippen molar-refractivity contribution in [3.05, 3.63) is 111 Å². The molecule has 2 aliphatic rings. The third-order valence-electron chi connectivity index (χ3n) is 9.31. The van der Waals surface area contributed by atoms with Crippen LogP contribution in [0, 0.1) is 34.8 Å². The van der Waals surface area contributed by atoms with Gasteiger partial charge in [-0.1, -0.05) is 24.3 Å². The van der Waals surface area contributed by atoms with E-state index in [4.69, 9.17) is 11.5 Å². The molecule has 1 aliphatic heterocycles. The van der Waals surface area contributed by atoms with Gasteiger partial charge in [-0.3, -0.25) is 0 Å². The molecule has 44 heavy (non-hydrogen) atoms. The highest BCUT2D eigenvalue weighted by Crippen LogP contribution is 2.37. The molecule has 0 aromatic heterocycles. The third-order valence-corrected chi connectivity index (χ3v) is 11.1. The van der Waals surface area contributed by atoms with Gasteiger partial charge in [0.25, 0.3) is 0 Å². The number of aryl methyl sites for hydroxylation is 5. The highest BCUT2D eigenvalue weighted by atomic mass is 127. The van der Waals surface area contributed by atoms with Gasteiger partial charge in [-0.05, 0) is 204 Å². The average molecular weight is 816 g/mol. The van der Waals surface area contributed by atoms with E-state index < -0.39 is 0 Å². The number of nitrogens with one attached hydrogen (secondary N) is 1. The van der Waals surface area contributed by atoms with Crippen molar-refractivity contribution in [2.75, 3.05) is 18.0 Å². The Morgan fingerprint density at radius 3 is 1.89 bits per heavy atom. The molecule has 2 atom stereocenters. The lowest BCUT2D eigenvalue weighted by Crippen LogP contribution is -2.31. The van der Waals surface area contributed by atoms with E-state index in [-0.39, 0.29) is 17.5 Å². The van der Waals surface area contributed by atoms with Crippen molar-refractivity contribution in [3.63, 3.8) is 0 Å². The second kappa shape index (κ2) is 13.9. The van der Waals surface area contributed by atoms with E-state index in [1.807, 2.05) is 6.92 Å². The summed E-state index contributed by atoms with van der Waals surface area (Å²) in [4.78, 5) is 0. The molecular formula is C37H43I2N3O2. The van der Waals surface area contributed by atoms with Crippen molar-refractivity contribution < 1.29 is 10.2 Å². The Bertz CT molecular complexity index is 1530. The maximum absolute atomic E-state index is 9.79. The van der Waals surface area contributed by atoms with Crippen LogP contribution in [0.25, 0.3) is 0 Å². The molecule has 1 heterocycles. The molecule has 0 saturated carbocycles. The number of anilines is 2. The predicted octanol–water partition coefficient (Wildman–Crippen LogP) is 8.48. The van der Waals surface area contributed by atoms with Crippen LogP contribution in [-0.2, 0) is 25.7 Å². The van der Waals surface area contributed by atoms with Gasteiger partial charge in [0.2, 0.25) is 0 Å². The van der Waals surface area contributed by atoms with Gasteiger partial charge in [-0.15, -0.1) is 0 Å². The SMILES string of the molecule is Cc1cc(CC2NCCc3cc(O)c(O)cc32)cc(I)c1N.Cc1cc2c(cc1C)C(Cc1cc(C)c(N)c(I)c1)CCC2. The summed E-state index contributed by atoms with van der Waals surface area (Å²) in [7, 11) is 0. The number of fused-ring (bicyclic) bond motifs is 2. The Hall–Kier alpha value is -2.50. The molecular weight excluding hydrogens is 772 g/mol. The number of nitrogen functional groups attached to an aromatic ring is 2. The summed E-state index contributed by atoms with van der Waals surface area (Å²) < 4.78 is 2.25. The summed E-state index contributed by atoms with van der Waals surface area (Å²) in [6.07, 6.45) is 6.67. The van der Waals surface area contributed by atoms with E-state index in [1.54, 1.807) is 23.3 Å². The second-order valence-corrected chi connectivity index (χ2v) is 14.9. The Kier molecular flexibility index (Phi) is 10.4. The minimum absolute atomic E-state index is 0.0442. The van der Waals surface area contributed by atoms with Gasteiger partial charge >= 0.3 is 0 Å². The fourth-order valence-corrected chi connectivity index (χ4v) is 8.31. The van der Waals surface area contributed by atoms with Crippen molar-refractivity contribution in [1.82, 2.24) is 5.32 Å². The summed E-state index contributed by atoms with van der Waals surface area (Å²) in [5.41, 5.74) is 27.0. The van der Waals surface area contributed by atoms with Crippen molar-refractivity contribution in [2.45, 2.75) is 78.2 Å². The standard InChI is InChI=1S/C20H24IN.C17H19IN2O2/c1-12-8-16-5-4-6-17(18(16)9-13(12)2)10-15-7-14(3)20(22)19(21)11-15;1-9-4-10(5-13(18)17(9)19)6-14-12-8-16(22)15(21)7-11(12)2-3-20-14/h7-9,11,17H,4-6,10,22H2,1-3H3;4-5,7-8,14,20-22H,2-3,6,19H2,1H3. The van der Waals surface area contributed by atoms with Crippen molar-refractivity contribution in [2.24, 2.45) is 0 Å². The highest BCUT2D eigenvalue weighted by molar-refractivity contribution is 14.1. The first kappa shape index (κ1) is 32.9. The van der Waals surface area contributed by atoms with Crippen LogP contribution in [-0.4, -0.2) is 16.8 Å². The molecule has 0 saturated heterocycles. The summed E-state index contributed by atoms with van der Waals surface area (Å²) in [5, 5.41) is 23.0. The number of phenolic OH excluding ortho intramolecular Hbond substituents is 2. The number of benzene rings is 4. The lowest BCUT2D eigenvalue weighted by molar-refractivity contribution is 0.398. The lowest BCUT2D eigenvalue weighted by atomic mass is 9.78. The maximum atomic E-state index is 9.79. The molecule has 0 bridgehead atoms. The molecule has 0 spiro atoms. The molecule has 5 nitrogen and oxygen atoms in total. The summed E-state index contributed by atoms with van der Waals surface area (Å²) in [6.45, 7) is 9.46. The summed E-state index contributed by atoms with van der Waals surface area (Å²) in [6, 6.07) is 17.1. The van der Waals surface area contributed by atoms with Crippen LogP contribution in [0.3, 0.4) is 0 Å². The van der Waals surface area contributed by atoms with Crippen LogP contribution >= 0.6 is 45.2 Å². The van der Waals surface area contributed by atoms with Crippen LogP contribution in [0.5, 0.6) is 11.5 Å². The van der Waals surface area contributed by atoms with E-state index in [0.29, 0.717) is 5.92 Å². The first-order valence-electron chi connectivity index (χ1n) is 15.4. The minimum Gasteiger partial charge on any atom is -0.504 e. The van der Waals surface area contributed by atoms with Gasteiger partial charge in [0.1, 0.15) is 0 Å². The molecule has 232 valence electrons. The lowest BCUT2D eigenvalue weighted by Gasteiger charge is -2.28. The fraction of sp³-hybridized carbons (Fsp3) is 0.351. The number of rotatable bonds is 4. The van der Waals surface area contributed by atoms with Crippen LogP contribution in [0.1, 0.15) is 80.4 Å². The minimum atomic E-state index is -0.0597. The first-order chi connectivity index (χ1) is 20.9. The van der Waals surface area contributed by atoms with Crippen molar-refractivity contribution >= 4 is 56.6 Å². The number of halogens is 2. The zero-order valence-electron chi connectivity index (χ0n) is 26.0. The van der Waals surface area contributed by atoms with E-state index in [0.717, 1.165) is 57.4 Å². The zero-order chi connectivity index (χ0) is 31.7. The Morgan fingerprint density at radius 2 is 1.25 bits per heavy atom. The predicted molar refractivity (Wildman–Crippen MR) is 200 cm³/mol. The fourth-order valence-electron chi connectivity index (χ4n) is 6.66. The Labute approximate surface area is 289 Å². The van der Waals surface area contributed by atoms with E-state index >= 15 is 0 Å². The topological polar surface area (TPSA) is 105 Å². The molecule has 1 aliphatic carbocycles. The number of phenols is 2. The van der Waals surface area contributed by atoms with E-state index in [9.17, 15) is 10.2 Å². The Balaban J connectivity index is 0.000000175. The van der Waals surface area contributed by atoms with Gasteiger partial charge in [-0.2, -0.15) is 0 Å². The van der Waals surface area contributed by atoms with Crippen LogP contribution < -0.4 is 16.8 Å². The highest BCUT2D eigenvalue weighted by Gasteiger charge is 2.23. The maximum Gasteiger partial charge on any atom is 0.157 e. The number of hydrogen-bond donors (Lipinski definition) is 5. The molecule has 0 fully saturated rings. The smallest absolute Gasteiger partial charge is 0.157 e. The molecule has 7 heteroatoms. The van der Waals surface area contributed by atoms with Crippen LogP contribution in [0.4, 0.5) is 11.4 Å². The van der Waals surface area contributed by atoms with Gasteiger partial charge < -0.3 is 27.0 Å². The van der Waals surface area contributed by atoms with Crippen molar-refractivity contribution in [1.29, 1.82) is 0 Å². The first-order valence-corrected chi connectivity index (χ1v) is 17.5. The summed E-state index contributed by atoms with van der Waals surface area (Å²) in [5.74, 6) is 0.551. The molecule has 7 N–H and O–H groups in total. The molecule has 0 amide bonds.